The molecule has 0 spiro atoms. The van der Waals surface area contributed by atoms with Gasteiger partial charge in [-0.15, -0.1) is 10.2 Å². The third kappa shape index (κ3) is 5.60. The van der Waals surface area contributed by atoms with Crippen LogP contribution < -0.4 is 10.6 Å². The molecule has 0 atom stereocenters. The number of benzene rings is 1. The monoisotopic (exact) mass is 399 g/mol. The number of amides is 2. The first-order valence-corrected chi connectivity index (χ1v) is 9.92. The van der Waals surface area contributed by atoms with E-state index in [0.717, 1.165) is 28.3 Å². The maximum absolute atomic E-state index is 12.3. The van der Waals surface area contributed by atoms with Crippen LogP contribution in [0, 0.1) is 6.92 Å². The van der Waals surface area contributed by atoms with Crippen LogP contribution in [0.15, 0.2) is 53.0 Å². The van der Waals surface area contributed by atoms with Gasteiger partial charge in [0.2, 0.25) is 10.9 Å². The van der Waals surface area contributed by atoms with Crippen molar-refractivity contribution in [2.24, 2.45) is 0 Å². The standard InChI is InChI=1S/C18H17N5O2S2/c1-12-6-2-3-8-14(12)21-16(25)17-22-23-18(27-17)26-11-15(24)20-10-13-7-4-5-9-19-13/h2-9H,10-11H2,1H3,(H,20,24)(H,21,25). The summed E-state index contributed by atoms with van der Waals surface area (Å²) in [6.07, 6.45) is 1.68. The quantitative estimate of drug-likeness (QED) is 0.593. The Morgan fingerprint density at radius 2 is 1.93 bits per heavy atom. The highest BCUT2D eigenvalue weighted by Crippen LogP contribution is 2.23. The van der Waals surface area contributed by atoms with Crippen LogP contribution in [0.3, 0.4) is 0 Å². The molecule has 7 nitrogen and oxygen atoms in total. The average Bonchev–Trinajstić information content (AvgIpc) is 3.16. The van der Waals surface area contributed by atoms with Gasteiger partial charge in [0, 0.05) is 11.9 Å². The average molecular weight is 400 g/mol. The minimum Gasteiger partial charge on any atom is -0.350 e. The largest absolute Gasteiger partial charge is 0.350 e. The van der Waals surface area contributed by atoms with Crippen molar-refractivity contribution < 1.29 is 9.59 Å². The number of nitrogens with zero attached hydrogens (tertiary/aromatic N) is 3. The van der Waals surface area contributed by atoms with E-state index in [-0.39, 0.29) is 22.6 Å². The Balaban J connectivity index is 1.48. The number of hydrogen-bond acceptors (Lipinski definition) is 7. The third-order valence-corrected chi connectivity index (χ3v) is 5.57. The summed E-state index contributed by atoms with van der Waals surface area (Å²) in [6, 6.07) is 13.0. The first-order chi connectivity index (χ1) is 13.1. The second-order valence-electron chi connectivity index (χ2n) is 5.53. The minimum atomic E-state index is -0.312. The van der Waals surface area contributed by atoms with Crippen molar-refractivity contribution in [3.8, 4) is 0 Å². The van der Waals surface area contributed by atoms with Crippen LogP contribution in [0.4, 0.5) is 5.69 Å². The van der Waals surface area contributed by atoms with Crippen molar-refractivity contribution >= 4 is 40.6 Å². The molecule has 27 heavy (non-hydrogen) atoms. The Labute approximate surface area is 164 Å². The van der Waals surface area contributed by atoms with Gasteiger partial charge in [0.05, 0.1) is 18.0 Å². The zero-order valence-corrected chi connectivity index (χ0v) is 16.1. The lowest BCUT2D eigenvalue weighted by atomic mass is 10.2. The Morgan fingerprint density at radius 3 is 2.70 bits per heavy atom. The Hall–Kier alpha value is -2.78. The minimum absolute atomic E-state index is 0.133. The number of aromatic nitrogens is 3. The summed E-state index contributed by atoms with van der Waals surface area (Å²) >= 11 is 2.40. The van der Waals surface area contributed by atoms with E-state index in [1.807, 2.05) is 49.4 Å². The highest BCUT2D eigenvalue weighted by Gasteiger charge is 2.15. The maximum atomic E-state index is 12.3. The Morgan fingerprint density at radius 1 is 1.11 bits per heavy atom. The molecule has 0 bridgehead atoms. The summed E-state index contributed by atoms with van der Waals surface area (Å²) in [5, 5.41) is 13.7. The first kappa shape index (κ1) is 19.0. The lowest BCUT2D eigenvalue weighted by Crippen LogP contribution is -2.24. The van der Waals surface area contributed by atoms with Crippen LogP contribution in [-0.2, 0) is 11.3 Å². The van der Waals surface area contributed by atoms with Gasteiger partial charge in [-0.1, -0.05) is 47.4 Å². The Bertz CT molecular complexity index is 930. The molecule has 2 heterocycles. The molecular weight excluding hydrogens is 382 g/mol. The van der Waals surface area contributed by atoms with E-state index in [1.165, 1.54) is 11.8 Å². The van der Waals surface area contributed by atoms with E-state index >= 15 is 0 Å². The van der Waals surface area contributed by atoms with Gasteiger partial charge in [0.15, 0.2) is 4.34 Å². The molecule has 0 fully saturated rings. The molecule has 3 rings (SSSR count). The summed E-state index contributed by atoms with van der Waals surface area (Å²) in [4.78, 5) is 28.4. The normalized spacial score (nSPS) is 10.4. The van der Waals surface area contributed by atoms with E-state index in [0.29, 0.717) is 10.9 Å². The zero-order chi connectivity index (χ0) is 19.1. The van der Waals surface area contributed by atoms with Crippen molar-refractivity contribution in [2.75, 3.05) is 11.1 Å². The van der Waals surface area contributed by atoms with Gasteiger partial charge in [0.25, 0.3) is 5.91 Å². The molecule has 1 aromatic carbocycles. The number of hydrogen-bond donors (Lipinski definition) is 2. The number of carbonyl (C=O) groups is 2. The summed E-state index contributed by atoms with van der Waals surface area (Å²) < 4.78 is 0.568. The SMILES string of the molecule is Cc1ccccc1NC(=O)c1nnc(SCC(=O)NCc2ccccn2)s1. The van der Waals surface area contributed by atoms with Gasteiger partial charge in [0.1, 0.15) is 0 Å². The molecule has 9 heteroatoms. The third-order valence-electron chi connectivity index (χ3n) is 3.51. The van der Waals surface area contributed by atoms with Gasteiger partial charge < -0.3 is 10.6 Å². The number of nitrogens with one attached hydrogen (secondary N) is 2. The van der Waals surface area contributed by atoms with Gasteiger partial charge in [-0.05, 0) is 30.7 Å². The highest BCUT2D eigenvalue weighted by atomic mass is 32.2. The molecule has 0 aliphatic heterocycles. The van der Waals surface area contributed by atoms with Crippen molar-refractivity contribution in [3.63, 3.8) is 0 Å². The molecule has 0 saturated heterocycles. The van der Waals surface area contributed by atoms with E-state index < -0.39 is 0 Å². The number of pyridine rings is 1. The molecule has 2 aromatic heterocycles. The second-order valence-corrected chi connectivity index (χ2v) is 7.73. The van der Waals surface area contributed by atoms with E-state index in [4.69, 9.17) is 0 Å². The molecule has 0 saturated carbocycles. The molecule has 0 radical (unpaired) electrons. The van der Waals surface area contributed by atoms with Crippen LogP contribution in [0.5, 0.6) is 0 Å². The van der Waals surface area contributed by atoms with Crippen LogP contribution in [-0.4, -0.2) is 32.7 Å². The molecule has 2 amide bonds. The summed E-state index contributed by atoms with van der Waals surface area (Å²) in [7, 11) is 0. The van der Waals surface area contributed by atoms with Gasteiger partial charge in [-0.25, -0.2) is 0 Å². The van der Waals surface area contributed by atoms with Gasteiger partial charge in [-0.2, -0.15) is 0 Å². The fraction of sp³-hybridized carbons (Fsp3) is 0.167. The fourth-order valence-corrected chi connectivity index (χ4v) is 3.70. The van der Waals surface area contributed by atoms with Crippen molar-refractivity contribution in [1.82, 2.24) is 20.5 Å². The van der Waals surface area contributed by atoms with Gasteiger partial charge >= 0.3 is 0 Å². The Kier molecular flexibility index (Phi) is 6.50. The van der Waals surface area contributed by atoms with E-state index in [2.05, 4.69) is 25.8 Å². The maximum Gasteiger partial charge on any atom is 0.286 e. The lowest BCUT2D eigenvalue weighted by Gasteiger charge is -2.05. The fourth-order valence-electron chi connectivity index (χ4n) is 2.12. The van der Waals surface area contributed by atoms with E-state index in [1.54, 1.807) is 6.20 Å². The number of rotatable bonds is 7. The molecule has 0 aliphatic carbocycles. The molecule has 0 unspecified atom stereocenters. The second kappa shape index (κ2) is 9.24. The number of thioether (sulfide) groups is 1. The molecule has 0 aliphatic rings. The highest BCUT2D eigenvalue weighted by molar-refractivity contribution is 8.01. The summed E-state index contributed by atoms with van der Waals surface area (Å²) in [6.45, 7) is 2.29. The van der Waals surface area contributed by atoms with Crippen LogP contribution in [0.1, 0.15) is 21.1 Å². The number of anilines is 1. The predicted molar refractivity (Wildman–Crippen MR) is 106 cm³/mol. The predicted octanol–water partition coefficient (Wildman–Crippen LogP) is 2.90. The van der Waals surface area contributed by atoms with E-state index in [9.17, 15) is 9.59 Å². The van der Waals surface area contributed by atoms with Crippen molar-refractivity contribution in [2.45, 2.75) is 17.8 Å². The van der Waals surface area contributed by atoms with Gasteiger partial charge in [-0.3, -0.25) is 14.6 Å². The smallest absolute Gasteiger partial charge is 0.286 e. The molecule has 2 N–H and O–H groups in total. The number of aryl methyl sites for hydroxylation is 1. The number of para-hydroxylation sites is 1. The van der Waals surface area contributed by atoms with Crippen molar-refractivity contribution in [3.05, 3.63) is 64.9 Å². The van der Waals surface area contributed by atoms with Crippen LogP contribution in [0.25, 0.3) is 0 Å². The van der Waals surface area contributed by atoms with Crippen LogP contribution in [0.2, 0.25) is 0 Å². The zero-order valence-electron chi connectivity index (χ0n) is 14.5. The number of carbonyl (C=O) groups excluding carboxylic acids is 2. The molecular formula is C18H17N5O2S2. The lowest BCUT2D eigenvalue weighted by molar-refractivity contribution is -0.118. The summed E-state index contributed by atoms with van der Waals surface area (Å²) in [5.41, 5.74) is 2.50. The molecule has 138 valence electrons. The topological polar surface area (TPSA) is 96.9 Å². The van der Waals surface area contributed by atoms with Crippen LogP contribution >= 0.6 is 23.1 Å². The van der Waals surface area contributed by atoms with Crippen molar-refractivity contribution in [1.29, 1.82) is 0 Å². The molecule has 3 aromatic rings. The summed E-state index contributed by atoms with van der Waals surface area (Å²) in [5.74, 6) is -0.249. The first-order valence-electron chi connectivity index (χ1n) is 8.12.